The molecular formula is C80H156O17P2. The van der Waals surface area contributed by atoms with E-state index < -0.39 is 97.5 Å². The molecule has 588 valence electrons. The Labute approximate surface area is 607 Å². The smallest absolute Gasteiger partial charge is 0.462 e. The average Bonchev–Trinajstić information content (AvgIpc) is 1.10. The quantitative estimate of drug-likeness (QED) is 0.0222. The predicted molar refractivity (Wildman–Crippen MR) is 405 cm³/mol. The fourth-order valence-corrected chi connectivity index (χ4v) is 13.9. The number of rotatable bonds is 78. The van der Waals surface area contributed by atoms with Crippen LogP contribution in [0.3, 0.4) is 0 Å². The molecule has 0 aromatic rings. The first kappa shape index (κ1) is 97.1. The Morgan fingerprint density at radius 3 is 0.687 bits per heavy atom. The fourth-order valence-electron chi connectivity index (χ4n) is 12.3. The Morgan fingerprint density at radius 2 is 0.465 bits per heavy atom. The van der Waals surface area contributed by atoms with Crippen LogP contribution in [-0.4, -0.2) is 96.7 Å². The number of unbranched alkanes of at least 4 members (excludes halogenated alkanes) is 46. The molecular weight excluding hydrogens is 1290 g/mol. The molecule has 0 aliphatic rings. The van der Waals surface area contributed by atoms with E-state index in [1.54, 1.807) is 0 Å². The summed E-state index contributed by atoms with van der Waals surface area (Å²) in [7, 11) is -9.92. The summed E-state index contributed by atoms with van der Waals surface area (Å²) in [5, 5.41) is 10.6. The molecule has 0 aromatic heterocycles. The summed E-state index contributed by atoms with van der Waals surface area (Å²) in [5.74, 6) is 0.106. The lowest BCUT2D eigenvalue weighted by Crippen LogP contribution is -2.30. The van der Waals surface area contributed by atoms with Crippen molar-refractivity contribution in [2.45, 2.75) is 433 Å². The van der Waals surface area contributed by atoms with Crippen LogP contribution in [-0.2, 0) is 65.4 Å². The number of phosphoric ester groups is 2. The third kappa shape index (κ3) is 74.1. The van der Waals surface area contributed by atoms with E-state index in [9.17, 15) is 43.2 Å². The molecule has 0 aliphatic carbocycles. The van der Waals surface area contributed by atoms with Gasteiger partial charge in [-0.1, -0.05) is 363 Å². The highest BCUT2D eigenvalue weighted by Crippen LogP contribution is 2.45. The van der Waals surface area contributed by atoms with Gasteiger partial charge in [-0.25, -0.2) is 9.13 Å². The number of carbonyl (C=O) groups is 4. The number of hydrogen-bond donors (Lipinski definition) is 3. The molecule has 19 heteroatoms. The minimum Gasteiger partial charge on any atom is -0.462 e. The molecule has 0 rings (SSSR count). The highest BCUT2D eigenvalue weighted by atomic mass is 31.2. The van der Waals surface area contributed by atoms with Crippen molar-refractivity contribution in [2.75, 3.05) is 39.6 Å². The number of phosphoric acid groups is 2. The molecule has 0 saturated heterocycles. The molecule has 0 heterocycles. The predicted octanol–water partition coefficient (Wildman–Crippen LogP) is 23.7. The van der Waals surface area contributed by atoms with Gasteiger partial charge in [-0.05, 0) is 43.4 Å². The van der Waals surface area contributed by atoms with Gasteiger partial charge < -0.3 is 33.8 Å². The van der Waals surface area contributed by atoms with Crippen LogP contribution in [0.1, 0.15) is 414 Å². The number of ether oxygens (including phenoxy) is 4. The molecule has 0 bridgehead atoms. The number of aliphatic hydroxyl groups excluding tert-OH is 1. The van der Waals surface area contributed by atoms with E-state index in [1.807, 2.05) is 0 Å². The lowest BCUT2D eigenvalue weighted by Gasteiger charge is -2.21. The molecule has 0 saturated carbocycles. The van der Waals surface area contributed by atoms with Crippen LogP contribution in [0, 0.1) is 17.8 Å². The lowest BCUT2D eigenvalue weighted by atomic mass is 10.0. The first-order valence-corrected chi connectivity index (χ1v) is 44.3. The topological polar surface area (TPSA) is 237 Å². The van der Waals surface area contributed by atoms with Gasteiger partial charge >= 0.3 is 39.5 Å². The van der Waals surface area contributed by atoms with Crippen molar-refractivity contribution in [3.05, 3.63) is 0 Å². The van der Waals surface area contributed by atoms with Crippen LogP contribution in [0.4, 0.5) is 0 Å². The van der Waals surface area contributed by atoms with Gasteiger partial charge in [0.05, 0.1) is 26.4 Å². The van der Waals surface area contributed by atoms with Gasteiger partial charge in [0.15, 0.2) is 12.2 Å². The van der Waals surface area contributed by atoms with E-state index in [1.165, 1.54) is 218 Å². The molecule has 0 fully saturated rings. The fraction of sp³-hybridized carbons (Fsp3) is 0.950. The highest BCUT2D eigenvalue weighted by Gasteiger charge is 2.30. The third-order valence-corrected chi connectivity index (χ3v) is 20.5. The summed E-state index contributed by atoms with van der Waals surface area (Å²) >= 11 is 0. The molecule has 2 unspecified atom stereocenters. The van der Waals surface area contributed by atoms with Crippen molar-refractivity contribution in [2.24, 2.45) is 17.8 Å². The molecule has 99 heavy (non-hydrogen) atoms. The Morgan fingerprint density at radius 1 is 0.273 bits per heavy atom. The minimum atomic E-state index is -4.96. The zero-order valence-corrected chi connectivity index (χ0v) is 66.8. The first-order valence-electron chi connectivity index (χ1n) is 41.3. The number of aliphatic hydroxyl groups is 1. The number of hydrogen-bond acceptors (Lipinski definition) is 15. The summed E-state index contributed by atoms with van der Waals surface area (Å²) in [4.78, 5) is 72.9. The second kappa shape index (κ2) is 70.4. The highest BCUT2D eigenvalue weighted by molar-refractivity contribution is 7.47. The Bertz CT molecular complexity index is 1920. The van der Waals surface area contributed by atoms with E-state index in [0.717, 1.165) is 108 Å². The van der Waals surface area contributed by atoms with Gasteiger partial charge in [-0.15, -0.1) is 0 Å². The molecule has 17 nitrogen and oxygen atoms in total. The zero-order chi connectivity index (χ0) is 73.0. The Hall–Kier alpha value is -1.94. The van der Waals surface area contributed by atoms with Crippen molar-refractivity contribution >= 4 is 39.5 Å². The standard InChI is InChI=1S/C80H156O17P2/c1-8-9-10-11-12-13-14-15-16-17-18-19-20-23-27-30-35-40-49-56-63-79(84)96-75(67-90-77(82)61-54-47-39-34-29-26-24-21-22-25-28-32-37-44-51-58-71(2)3)69-94-98(86,87)92-65-74(81)66-93-99(88,89)95-70-76(68-91-78(83)62-55-48-43-42-46-53-60-73(6)7)97-80(85)64-57-50-41-36-31-33-38-45-52-59-72(4)5/h71-76,81H,8-70H2,1-7H3,(H,86,87)(H,88,89)/t74-,75-,76-/m1/s1. The normalized spacial score (nSPS) is 14.0. The monoisotopic (exact) mass is 1450 g/mol. The van der Waals surface area contributed by atoms with Crippen LogP contribution in [0.15, 0.2) is 0 Å². The molecule has 0 aliphatic heterocycles. The summed E-state index contributed by atoms with van der Waals surface area (Å²) in [6, 6.07) is 0. The van der Waals surface area contributed by atoms with Crippen molar-refractivity contribution in [1.82, 2.24) is 0 Å². The van der Waals surface area contributed by atoms with Crippen LogP contribution in [0.25, 0.3) is 0 Å². The maximum atomic E-state index is 13.1. The van der Waals surface area contributed by atoms with E-state index in [4.69, 9.17) is 37.0 Å². The Balaban J connectivity index is 5.21. The molecule has 0 aromatic carbocycles. The van der Waals surface area contributed by atoms with Crippen molar-refractivity contribution in [1.29, 1.82) is 0 Å². The van der Waals surface area contributed by atoms with Crippen LogP contribution in [0.2, 0.25) is 0 Å². The molecule has 0 radical (unpaired) electrons. The Kier molecular flexibility index (Phi) is 69.0. The van der Waals surface area contributed by atoms with Crippen molar-refractivity contribution in [3.8, 4) is 0 Å². The summed E-state index contributed by atoms with van der Waals surface area (Å²) in [6.45, 7) is 11.8. The van der Waals surface area contributed by atoms with Gasteiger partial charge in [0.2, 0.25) is 0 Å². The SMILES string of the molecule is CCCCCCCCCCCCCCCCCCCCCCC(=O)O[C@H](COC(=O)CCCCCCCCCCCCCCCCCC(C)C)COP(=O)(O)OC[C@@H](O)COP(=O)(O)OC[C@@H](COC(=O)CCCCCCCCC(C)C)OC(=O)CCCCCCCCCCCC(C)C. The van der Waals surface area contributed by atoms with Crippen LogP contribution < -0.4 is 0 Å². The minimum absolute atomic E-state index is 0.104. The van der Waals surface area contributed by atoms with E-state index >= 15 is 0 Å². The zero-order valence-electron chi connectivity index (χ0n) is 65.0. The average molecular weight is 1450 g/mol. The summed E-state index contributed by atoms with van der Waals surface area (Å²) in [5.41, 5.74) is 0. The van der Waals surface area contributed by atoms with Crippen molar-refractivity contribution in [3.63, 3.8) is 0 Å². The van der Waals surface area contributed by atoms with Gasteiger partial charge in [0.25, 0.3) is 0 Å². The number of esters is 4. The maximum Gasteiger partial charge on any atom is 0.472 e. The molecule has 0 amide bonds. The molecule has 3 N–H and O–H groups in total. The second-order valence-corrected chi connectivity index (χ2v) is 33.1. The maximum absolute atomic E-state index is 13.1. The van der Waals surface area contributed by atoms with E-state index in [0.29, 0.717) is 31.6 Å². The molecule has 0 spiro atoms. The van der Waals surface area contributed by atoms with Crippen molar-refractivity contribution < 1.29 is 80.2 Å². The van der Waals surface area contributed by atoms with E-state index in [2.05, 4.69) is 48.5 Å². The summed E-state index contributed by atoms with van der Waals surface area (Å²) < 4.78 is 68.6. The van der Waals surface area contributed by atoms with E-state index in [-0.39, 0.29) is 25.7 Å². The van der Waals surface area contributed by atoms with Gasteiger partial charge in [-0.2, -0.15) is 0 Å². The van der Waals surface area contributed by atoms with Gasteiger partial charge in [-0.3, -0.25) is 37.3 Å². The third-order valence-electron chi connectivity index (χ3n) is 18.6. The second-order valence-electron chi connectivity index (χ2n) is 30.2. The van der Waals surface area contributed by atoms with Crippen LogP contribution in [0.5, 0.6) is 0 Å². The van der Waals surface area contributed by atoms with Gasteiger partial charge in [0.1, 0.15) is 19.3 Å². The van der Waals surface area contributed by atoms with Gasteiger partial charge in [0, 0.05) is 25.7 Å². The molecule has 5 atom stereocenters. The van der Waals surface area contributed by atoms with Crippen LogP contribution >= 0.6 is 15.6 Å². The lowest BCUT2D eigenvalue weighted by molar-refractivity contribution is -0.161. The largest absolute Gasteiger partial charge is 0.472 e. The first-order chi connectivity index (χ1) is 47.7. The summed E-state index contributed by atoms with van der Waals surface area (Å²) in [6.07, 6.45) is 58.6. The number of carbonyl (C=O) groups excluding carboxylic acids is 4.